The molecule has 1 amide bonds. The number of carboxylic acids is 1. The van der Waals surface area contributed by atoms with Crippen molar-refractivity contribution in [1.82, 2.24) is 15.1 Å². The number of hydrogen-bond donors (Lipinski definition) is 2. The maximum Gasteiger partial charge on any atom is 0.313 e. The number of aliphatic carboxylic acids is 1. The van der Waals surface area contributed by atoms with Crippen LogP contribution in [-0.2, 0) is 16.0 Å². The number of nitrogens with zero attached hydrogens (tertiary/aromatic N) is 2. The number of carbonyl (C=O) groups excluding carboxylic acids is 1. The summed E-state index contributed by atoms with van der Waals surface area (Å²) < 4.78 is 1.80. The van der Waals surface area contributed by atoms with E-state index in [1.807, 2.05) is 26.0 Å². The highest BCUT2D eigenvalue weighted by Crippen LogP contribution is 2.20. The molecule has 25 heavy (non-hydrogen) atoms. The van der Waals surface area contributed by atoms with Crippen LogP contribution in [0.15, 0.2) is 24.3 Å². The van der Waals surface area contributed by atoms with Crippen molar-refractivity contribution in [2.75, 3.05) is 18.1 Å². The predicted molar refractivity (Wildman–Crippen MR) is 99.7 cm³/mol. The van der Waals surface area contributed by atoms with Gasteiger partial charge in [-0.2, -0.15) is 5.10 Å². The van der Waals surface area contributed by atoms with Gasteiger partial charge in [0.05, 0.1) is 23.6 Å². The van der Waals surface area contributed by atoms with Crippen LogP contribution in [0.5, 0.6) is 0 Å². The molecule has 0 fully saturated rings. The van der Waals surface area contributed by atoms with Gasteiger partial charge >= 0.3 is 5.97 Å². The SMILES string of the molecule is Cc1nn(-c2ccc(Cl)cc2)c(C)c1CC(=O)NCCSCC(=O)O. The van der Waals surface area contributed by atoms with Crippen molar-refractivity contribution in [3.8, 4) is 5.69 Å². The fourth-order valence-corrected chi connectivity index (χ4v) is 3.10. The second kappa shape index (κ2) is 8.92. The largest absolute Gasteiger partial charge is 0.481 e. The normalized spacial score (nSPS) is 10.7. The van der Waals surface area contributed by atoms with E-state index in [0.29, 0.717) is 17.3 Å². The van der Waals surface area contributed by atoms with Crippen LogP contribution < -0.4 is 5.32 Å². The number of amides is 1. The molecular formula is C17H20ClN3O3S. The van der Waals surface area contributed by atoms with Crippen LogP contribution >= 0.6 is 23.4 Å². The maximum absolute atomic E-state index is 12.1. The summed E-state index contributed by atoms with van der Waals surface area (Å²) in [6, 6.07) is 7.36. The molecule has 6 nitrogen and oxygen atoms in total. The number of nitrogens with one attached hydrogen (secondary N) is 1. The minimum atomic E-state index is -0.850. The quantitative estimate of drug-likeness (QED) is 0.686. The first kappa shape index (κ1) is 19.3. The average Bonchev–Trinajstić information content (AvgIpc) is 2.83. The second-order valence-electron chi connectivity index (χ2n) is 5.51. The van der Waals surface area contributed by atoms with Crippen molar-refractivity contribution >= 4 is 35.2 Å². The van der Waals surface area contributed by atoms with E-state index < -0.39 is 5.97 Å². The highest BCUT2D eigenvalue weighted by atomic mass is 35.5. The fourth-order valence-electron chi connectivity index (χ4n) is 2.41. The summed E-state index contributed by atoms with van der Waals surface area (Å²) in [5.74, 6) is -0.336. The minimum absolute atomic E-state index is 0.0436. The number of rotatable bonds is 8. The van der Waals surface area contributed by atoms with E-state index in [1.165, 1.54) is 11.8 Å². The number of halogens is 1. The molecule has 2 rings (SSSR count). The number of benzene rings is 1. The summed E-state index contributed by atoms with van der Waals surface area (Å²) in [5, 5.41) is 16.5. The zero-order valence-electron chi connectivity index (χ0n) is 14.1. The smallest absolute Gasteiger partial charge is 0.313 e. The topological polar surface area (TPSA) is 84.2 Å². The van der Waals surface area contributed by atoms with Crippen molar-refractivity contribution in [2.24, 2.45) is 0 Å². The number of hydrogen-bond acceptors (Lipinski definition) is 4. The first-order valence-electron chi connectivity index (χ1n) is 7.75. The lowest BCUT2D eigenvalue weighted by Gasteiger charge is -2.07. The summed E-state index contributed by atoms with van der Waals surface area (Å²) in [7, 11) is 0. The van der Waals surface area contributed by atoms with Gasteiger partial charge in [-0.05, 0) is 38.1 Å². The predicted octanol–water partition coefficient (Wildman–Crippen LogP) is 2.62. The Balaban J connectivity index is 1.97. The van der Waals surface area contributed by atoms with Gasteiger partial charge < -0.3 is 10.4 Å². The molecule has 8 heteroatoms. The third kappa shape index (κ3) is 5.51. The Kier molecular flexibility index (Phi) is 6.90. The van der Waals surface area contributed by atoms with Gasteiger partial charge in [0, 0.05) is 28.6 Å². The van der Waals surface area contributed by atoms with Crippen molar-refractivity contribution < 1.29 is 14.7 Å². The van der Waals surface area contributed by atoms with E-state index in [9.17, 15) is 9.59 Å². The number of aromatic nitrogens is 2. The third-order valence-corrected chi connectivity index (χ3v) is 4.84. The molecule has 0 spiro atoms. The summed E-state index contributed by atoms with van der Waals surface area (Å²) >= 11 is 7.19. The monoisotopic (exact) mass is 381 g/mol. The standard InChI is InChI=1S/C17H20ClN3O3S/c1-11-15(9-16(22)19-7-8-25-10-17(23)24)12(2)21(20-11)14-5-3-13(18)4-6-14/h3-6H,7-10H2,1-2H3,(H,19,22)(H,23,24). The highest BCUT2D eigenvalue weighted by molar-refractivity contribution is 7.99. The van der Waals surface area contributed by atoms with Crippen LogP contribution in [0.1, 0.15) is 17.0 Å². The zero-order chi connectivity index (χ0) is 18.4. The molecule has 1 aromatic carbocycles. The van der Waals surface area contributed by atoms with Crippen LogP contribution in [-0.4, -0.2) is 44.8 Å². The minimum Gasteiger partial charge on any atom is -0.481 e. The Bertz CT molecular complexity index is 759. The maximum atomic E-state index is 12.1. The first-order chi connectivity index (χ1) is 11.9. The number of carboxylic acid groups (broad SMARTS) is 1. The Labute approximate surface area is 155 Å². The number of carbonyl (C=O) groups is 2. The van der Waals surface area contributed by atoms with E-state index in [2.05, 4.69) is 10.4 Å². The zero-order valence-corrected chi connectivity index (χ0v) is 15.7. The second-order valence-corrected chi connectivity index (χ2v) is 7.05. The molecule has 0 aliphatic heterocycles. The summed E-state index contributed by atoms with van der Waals surface area (Å²) in [6.07, 6.45) is 0.245. The Hall–Kier alpha value is -1.99. The van der Waals surface area contributed by atoms with E-state index in [0.717, 1.165) is 22.6 Å². The highest BCUT2D eigenvalue weighted by Gasteiger charge is 2.15. The summed E-state index contributed by atoms with van der Waals surface area (Å²) in [4.78, 5) is 22.5. The summed E-state index contributed by atoms with van der Waals surface area (Å²) in [5.41, 5.74) is 3.51. The lowest BCUT2D eigenvalue weighted by Crippen LogP contribution is -2.27. The van der Waals surface area contributed by atoms with Crippen LogP contribution in [0, 0.1) is 13.8 Å². The van der Waals surface area contributed by atoms with Crippen molar-refractivity contribution in [3.63, 3.8) is 0 Å². The lowest BCUT2D eigenvalue weighted by molar-refractivity contribution is -0.133. The van der Waals surface area contributed by atoms with E-state index in [1.54, 1.807) is 16.8 Å². The molecule has 0 aliphatic carbocycles. The van der Waals surface area contributed by atoms with Crippen molar-refractivity contribution in [1.29, 1.82) is 0 Å². The molecule has 0 radical (unpaired) electrons. The van der Waals surface area contributed by atoms with Gasteiger partial charge in [-0.3, -0.25) is 9.59 Å². The molecular weight excluding hydrogens is 362 g/mol. The molecule has 0 bridgehead atoms. The molecule has 1 aromatic heterocycles. The van der Waals surface area contributed by atoms with Gasteiger partial charge in [0.25, 0.3) is 0 Å². The molecule has 2 aromatic rings. The van der Waals surface area contributed by atoms with Gasteiger partial charge in [0.15, 0.2) is 0 Å². The number of aryl methyl sites for hydroxylation is 1. The molecule has 1 heterocycles. The molecule has 0 aliphatic rings. The van der Waals surface area contributed by atoms with Crippen LogP contribution in [0.25, 0.3) is 5.69 Å². The molecule has 0 atom stereocenters. The molecule has 2 N–H and O–H groups in total. The molecule has 0 saturated heterocycles. The average molecular weight is 382 g/mol. The molecule has 134 valence electrons. The van der Waals surface area contributed by atoms with E-state index in [-0.39, 0.29) is 18.1 Å². The number of thioether (sulfide) groups is 1. The van der Waals surface area contributed by atoms with Gasteiger partial charge in [0.1, 0.15) is 0 Å². The van der Waals surface area contributed by atoms with Crippen LogP contribution in [0.4, 0.5) is 0 Å². The van der Waals surface area contributed by atoms with Gasteiger partial charge in [-0.15, -0.1) is 11.8 Å². The molecule has 0 saturated carbocycles. The van der Waals surface area contributed by atoms with Crippen LogP contribution in [0.2, 0.25) is 5.02 Å². The van der Waals surface area contributed by atoms with Crippen LogP contribution in [0.3, 0.4) is 0 Å². The Morgan fingerprint density at radius 2 is 1.96 bits per heavy atom. The Morgan fingerprint density at radius 3 is 2.60 bits per heavy atom. The van der Waals surface area contributed by atoms with Crippen molar-refractivity contribution in [2.45, 2.75) is 20.3 Å². The lowest BCUT2D eigenvalue weighted by atomic mass is 10.1. The summed E-state index contributed by atoms with van der Waals surface area (Å²) in [6.45, 7) is 4.25. The van der Waals surface area contributed by atoms with Gasteiger partial charge in [-0.25, -0.2) is 4.68 Å². The van der Waals surface area contributed by atoms with E-state index >= 15 is 0 Å². The Morgan fingerprint density at radius 1 is 1.28 bits per heavy atom. The van der Waals surface area contributed by atoms with Gasteiger partial charge in [-0.1, -0.05) is 11.6 Å². The first-order valence-corrected chi connectivity index (χ1v) is 9.29. The van der Waals surface area contributed by atoms with Crippen molar-refractivity contribution in [3.05, 3.63) is 46.2 Å². The molecule has 0 unspecified atom stereocenters. The van der Waals surface area contributed by atoms with E-state index in [4.69, 9.17) is 16.7 Å². The third-order valence-electron chi connectivity index (χ3n) is 3.64. The van der Waals surface area contributed by atoms with Gasteiger partial charge in [0.2, 0.25) is 5.91 Å². The fraction of sp³-hybridized carbons (Fsp3) is 0.353.